The Balaban J connectivity index is 2.08. The normalized spacial score (nSPS) is 20.9. The number of rotatable bonds is 4. The van der Waals surface area contributed by atoms with Crippen LogP contribution in [0.3, 0.4) is 0 Å². The van der Waals surface area contributed by atoms with Gasteiger partial charge in [0.05, 0.1) is 5.56 Å². The number of nitrogens with one attached hydrogen (secondary N) is 2. The number of benzene rings is 1. The molecule has 0 bridgehead atoms. The van der Waals surface area contributed by atoms with Crippen LogP contribution in [0.4, 0.5) is 18.9 Å². The highest BCUT2D eigenvalue weighted by Gasteiger charge is 2.34. The van der Waals surface area contributed by atoms with E-state index >= 15 is 0 Å². The number of hydrogen-bond donors (Lipinski definition) is 2. The molecule has 1 aromatic carbocycles. The minimum Gasteiger partial charge on any atom is -0.382 e. The fourth-order valence-electron chi connectivity index (χ4n) is 2.59. The van der Waals surface area contributed by atoms with Crippen LogP contribution < -0.4 is 10.6 Å². The Morgan fingerprint density at radius 2 is 2.20 bits per heavy atom. The third kappa shape index (κ3) is 4.12. The number of halogens is 4. The summed E-state index contributed by atoms with van der Waals surface area (Å²) in [6, 6.07) is 4.61. The van der Waals surface area contributed by atoms with Gasteiger partial charge in [0, 0.05) is 22.2 Å². The van der Waals surface area contributed by atoms with Crippen molar-refractivity contribution in [2.75, 3.05) is 11.9 Å². The van der Waals surface area contributed by atoms with Crippen LogP contribution in [0.15, 0.2) is 22.7 Å². The number of hydrogen-bond acceptors (Lipinski definition) is 2. The average Bonchev–Trinajstić information content (AvgIpc) is 2.82. The topological polar surface area (TPSA) is 24.1 Å². The molecule has 0 aliphatic carbocycles. The van der Waals surface area contributed by atoms with Crippen LogP contribution in [0.1, 0.15) is 31.7 Å². The molecule has 2 rings (SSSR count). The zero-order valence-electron chi connectivity index (χ0n) is 11.2. The van der Waals surface area contributed by atoms with E-state index in [0.29, 0.717) is 10.5 Å². The number of alkyl halides is 3. The Bertz CT molecular complexity index is 456. The van der Waals surface area contributed by atoms with E-state index in [1.165, 1.54) is 6.07 Å². The second-order valence-corrected chi connectivity index (χ2v) is 6.18. The first kappa shape index (κ1) is 15.6. The minimum atomic E-state index is -4.35. The highest BCUT2D eigenvalue weighted by Crippen LogP contribution is 2.37. The van der Waals surface area contributed by atoms with Crippen LogP contribution in [0.5, 0.6) is 0 Å². The van der Waals surface area contributed by atoms with E-state index in [-0.39, 0.29) is 11.7 Å². The third-order valence-corrected chi connectivity index (χ3v) is 3.98. The van der Waals surface area contributed by atoms with E-state index in [1.54, 1.807) is 6.07 Å². The van der Waals surface area contributed by atoms with Gasteiger partial charge < -0.3 is 10.6 Å². The second-order valence-electron chi connectivity index (χ2n) is 5.26. The quantitative estimate of drug-likeness (QED) is 0.840. The maximum Gasteiger partial charge on any atom is 0.418 e. The summed E-state index contributed by atoms with van der Waals surface area (Å²) in [4.78, 5) is 0. The first-order chi connectivity index (χ1) is 9.36. The van der Waals surface area contributed by atoms with Crippen molar-refractivity contribution in [3.05, 3.63) is 28.2 Å². The molecule has 1 aliphatic heterocycles. The first-order valence-corrected chi connectivity index (χ1v) is 7.52. The van der Waals surface area contributed by atoms with Crippen LogP contribution in [0.2, 0.25) is 0 Å². The van der Waals surface area contributed by atoms with Crippen molar-refractivity contribution in [1.82, 2.24) is 5.32 Å². The highest BCUT2D eigenvalue weighted by molar-refractivity contribution is 9.10. The molecule has 6 heteroatoms. The van der Waals surface area contributed by atoms with Crippen molar-refractivity contribution >= 4 is 21.6 Å². The van der Waals surface area contributed by atoms with Crippen LogP contribution in [0, 0.1) is 0 Å². The molecule has 0 amide bonds. The molecule has 1 aromatic rings. The van der Waals surface area contributed by atoms with Gasteiger partial charge >= 0.3 is 6.18 Å². The van der Waals surface area contributed by atoms with Gasteiger partial charge in [-0.3, -0.25) is 0 Å². The predicted molar refractivity (Wildman–Crippen MR) is 77.9 cm³/mol. The molecule has 2 unspecified atom stereocenters. The van der Waals surface area contributed by atoms with Gasteiger partial charge in [-0.15, -0.1) is 0 Å². The molecule has 2 nitrogen and oxygen atoms in total. The van der Waals surface area contributed by atoms with Crippen molar-refractivity contribution in [3.8, 4) is 0 Å². The molecule has 0 aromatic heterocycles. The van der Waals surface area contributed by atoms with Gasteiger partial charge in [-0.1, -0.05) is 15.9 Å². The molecule has 1 fully saturated rings. The van der Waals surface area contributed by atoms with Gasteiger partial charge in [0.15, 0.2) is 0 Å². The average molecular weight is 351 g/mol. The SMILES string of the molecule is CC(CC1CCCN1)Nc1ccc(Br)cc1C(F)(F)F. The molecular weight excluding hydrogens is 333 g/mol. The van der Waals surface area contributed by atoms with Crippen LogP contribution >= 0.6 is 15.9 Å². The Labute approximate surface area is 125 Å². The highest BCUT2D eigenvalue weighted by atomic mass is 79.9. The molecule has 0 saturated carbocycles. The van der Waals surface area contributed by atoms with E-state index in [2.05, 4.69) is 26.6 Å². The van der Waals surface area contributed by atoms with E-state index in [0.717, 1.165) is 31.9 Å². The summed E-state index contributed by atoms with van der Waals surface area (Å²) < 4.78 is 39.5. The molecule has 2 N–H and O–H groups in total. The molecule has 0 radical (unpaired) electrons. The van der Waals surface area contributed by atoms with Crippen molar-refractivity contribution in [2.45, 2.75) is 44.4 Å². The Morgan fingerprint density at radius 1 is 1.45 bits per heavy atom. The first-order valence-electron chi connectivity index (χ1n) is 6.73. The lowest BCUT2D eigenvalue weighted by Gasteiger charge is -2.22. The summed E-state index contributed by atoms with van der Waals surface area (Å²) in [5, 5.41) is 6.35. The van der Waals surface area contributed by atoms with Crippen LogP contribution in [-0.4, -0.2) is 18.6 Å². The molecule has 20 heavy (non-hydrogen) atoms. The molecule has 0 spiro atoms. The predicted octanol–water partition coefficient (Wildman–Crippen LogP) is 4.41. The summed E-state index contributed by atoms with van der Waals surface area (Å²) in [6.45, 7) is 2.92. The van der Waals surface area contributed by atoms with Crippen molar-refractivity contribution in [1.29, 1.82) is 0 Å². The van der Waals surface area contributed by atoms with Crippen LogP contribution in [-0.2, 0) is 6.18 Å². The maximum absolute atomic E-state index is 13.0. The standard InChI is InChI=1S/C14H18BrF3N2/c1-9(7-11-3-2-6-19-11)20-13-5-4-10(15)8-12(13)14(16,17)18/h4-5,8-9,11,19-20H,2-3,6-7H2,1H3. The van der Waals surface area contributed by atoms with E-state index in [9.17, 15) is 13.2 Å². The smallest absolute Gasteiger partial charge is 0.382 e. The van der Waals surface area contributed by atoms with Gasteiger partial charge in [-0.2, -0.15) is 13.2 Å². The molecule has 2 atom stereocenters. The van der Waals surface area contributed by atoms with Gasteiger partial charge in [-0.05, 0) is 50.9 Å². The largest absolute Gasteiger partial charge is 0.418 e. The van der Waals surface area contributed by atoms with Gasteiger partial charge in [0.1, 0.15) is 0 Å². The zero-order chi connectivity index (χ0) is 14.8. The number of anilines is 1. The summed E-state index contributed by atoms with van der Waals surface area (Å²) >= 11 is 3.09. The minimum absolute atomic E-state index is 0.00660. The van der Waals surface area contributed by atoms with Gasteiger partial charge in [0.2, 0.25) is 0 Å². The summed E-state index contributed by atoms with van der Waals surface area (Å²) in [7, 11) is 0. The van der Waals surface area contributed by atoms with Crippen molar-refractivity contribution in [2.24, 2.45) is 0 Å². The van der Waals surface area contributed by atoms with E-state index < -0.39 is 11.7 Å². The lowest BCUT2D eigenvalue weighted by Crippen LogP contribution is -2.29. The Kier molecular flexibility index (Phi) is 4.96. The molecule has 1 heterocycles. The van der Waals surface area contributed by atoms with Crippen molar-refractivity contribution in [3.63, 3.8) is 0 Å². The lowest BCUT2D eigenvalue weighted by atomic mass is 10.1. The monoisotopic (exact) mass is 350 g/mol. The summed E-state index contributed by atoms with van der Waals surface area (Å²) in [5.41, 5.74) is -0.482. The zero-order valence-corrected chi connectivity index (χ0v) is 12.8. The fourth-order valence-corrected chi connectivity index (χ4v) is 2.95. The second kappa shape index (κ2) is 6.35. The Morgan fingerprint density at radius 3 is 2.80 bits per heavy atom. The summed E-state index contributed by atoms with van der Waals surface area (Å²) in [6.07, 6.45) is -1.28. The fraction of sp³-hybridized carbons (Fsp3) is 0.571. The molecule has 1 saturated heterocycles. The van der Waals surface area contributed by atoms with Crippen molar-refractivity contribution < 1.29 is 13.2 Å². The van der Waals surface area contributed by atoms with E-state index in [1.807, 2.05) is 6.92 Å². The van der Waals surface area contributed by atoms with Crippen LogP contribution in [0.25, 0.3) is 0 Å². The molecular formula is C14H18BrF3N2. The van der Waals surface area contributed by atoms with Gasteiger partial charge in [0.25, 0.3) is 0 Å². The third-order valence-electron chi connectivity index (χ3n) is 3.49. The Hall–Kier alpha value is -0.750. The molecule has 112 valence electrons. The summed E-state index contributed by atoms with van der Waals surface area (Å²) in [5.74, 6) is 0. The molecule has 1 aliphatic rings. The maximum atomic E-state index is 13.0. The van der Waals surface area contributed by atoms with Gasteiger partial charge in [-0.25, -0.2) is 0 Å². The lowest BCUT2D eigenvalue weighted by molar-refractivity contribution is -0.137. The van der Waals surface area contributed by atoms with E-state index in [4.69, 9.17) is 0 Å².